The third-order valence-corrected chi connectivity index (χ3v) is 3.99. The lowest BCUT2D eigenvalue weighted by atomic mass is 9.78. The summed E-state index contributed by atoms with van der Waals surface area (Å²) >= 11 is 0. The number of ether oxygens (including phenoxy) is 1. The third-order valence-electron chi connectivity index (χ3n) is 3.99. The zero-order valence-corrected chi connectivity index (χ0v) is 11.8. The molecular formula is C16H21NO3. The number of hydrogen-bond donors (Lipinski definition) is 1. The molecule has 1 aliphatic rings. The molecular weight excluding hydrogens is 254 g/mol. The molecule has 0 aliphatic heterocycles. The molecule has 1 fully saturated rings. The van der Waals surface area contributed by atoms with Crippen LogP contribution in [0.4, 0.5) is 0 Å². The van der Waals surface area contributed by atoms with E-state index in [1.165, 1.54) is 12.5 Å². The number of benzene rings is 1. The molecule has 20 heavy (non-hydrogen) atoms. The second kappa shape index (κ2) is 6.66. The Hall–Kier alpha value is -1.68. The number of esters is 2. The molecule has 4 heteroatoms. The molecule has 2 N–H and O–H groups in total. The summed E-state index contributed by atoms with van der Waals surface area (Å²) in [7, 11) is 0. The molecule has 1 aliphatic carbocycles. The van der Waals surface area contributed by atoms with Gasteiger partial charge < -0.3 is 10.5 Å². The predicted octanol–water partition coefficient (Wildman–Crippen LogP) is 2.51. The van der Waals surface area contributed by atoms with Gasteiger partial charge in [0.05, 0.1) is 5.92 Å². The molecule has 0 aromatic heterocycles. The van der Waals surface area contributed by atoms with E-state index < -0.39 is 5.97 Å². The second-order valence-electron chi connectivity index (χ2n) is 5.41. The Morgan fingerprint density at radius 3 is 2.25 bits per heavy atom. The molecule has 1 aromatic carbocycles. The van der Waals surface area contributed by atoms with E-state index in [2.05, 4.69) is 29.0 Å². The van der Waals surface area contributed by atoms with E-state index in [4.69, 9.17) is 5.73 Å². The van der Waals surface area contributed by atoms with Gasteiger partial charge >= 0.3 is 11.9 Å². The summed E-state index contributed by atoms with van der Waals surface area (Å²) in [4.78, 5) is 22.5. The van der Waals surface area contributed by atoms with Gasteiger partial charge in [-0.15, -0.1) is 0 Å². The Kier molecular flexibility index (Phi) is 4.90. The van der Waals surface area contributed by atoms with Gasteiger partial charge in [-0.3, -0.25) is 9.59 Å². The van der Waals surface area contributed by atoms with Gasteiger partial charge in [0.15, 0.2) is 0 Å². The Balaban J connectivity index is 1.90. The van der Waals surface area contributed by atoms with E-state index in [1.54, 1.807) is 0 Å². The molecule has 0 radical (unpaired) electrons. The maximum Gasteiger partial charge on any atom is 0.316 e. The van der Waals surface area contributed by atoms with Crippen LogP contribution in [0.15, 0.2) is 24.3 Å². The minimum absolute atomic E-state index is 0.126. The first kappa shape index (κ1) is 14.7. The van der Waals surface area contributed by atoms with E-state index >= 15 is 0 Å². The first-order chi connectivity index (χ1) is 9.60. The smallest absolute Gasteiger partial charge is 0.316 e. The zero-order chi connectivity index (χ0) is 14.5. The van der Waals surface area contributed by atoms with Gasteiger partial charge in [0.2, 0.25) is 0 Å². The van der Waals surface area contributed by atoms with Crippen LogP contribution in [0, 0.1) is 5.92 Å². The van der Waals surface area contributed by atoms with E-state index in [1.807, 2.05) is 0 Å². The maximum absolute atomic E-state index is 11.7. The van der Waals surface area contributed by atoms with Crippen molar-refractivity contribution >= 4 is 11.9 Å². The number of hydrogen-bond acceptors (Lipinski definition) is 4. The van der Waals surface area contributed by atoms with Gasteiger partial charge in [0, 0.05) is 13.5 Å². The number of nitrogens with two attached hydrogens (primary N) is 1. The maximum atomic E-state index is 11.7. The van der Waals surface area contributed by atoms with Gasteiger partial charge in [-0.2, -0.15) is 0 Å². The normalized spacial score (nSPS) is 22.3. The lowest BCUT2D eigenvalue weighted by Gasteiger charge is -2.27. The fourth-order valence-corrected chi connectivity index (χ4v) is 2.81. The molecule has 108 valence electrons. The van der Waals surface area contributed by atoms with Gasteiger partial charge in [-0.05, 0) is 42.7 Å². The Bertz CT molecular complexity index is 473. The van der Waals surface area contributed by atoms with Crippen molar-refractivity contribution in [1.82, 2.24) is 0 Å². The summed E-state index contributed by atoms with van der Waals surface area (Å²) in [6, 6.07) is 8.37. The Morgan fingerprint density at radius 2 is 1.75 bits per heavy atom. The van der Waals surface area contributed by atoms with Crippen LogP contribution in [0.3, 0.4) is 0 Å². The lowest BCUT2D eigenvalue weighted by Crippen LogP contribution is -2.24. The first-order valence-corrected chi connectivity index (χ1v) is 7.11. The van der Waals surface area contributed by atoms with Crippen molar-refractivity contribution in [3.05, 3.63) is 35.4 Å². The summed E-state index contributed by atoms with van der Waals surface area (Å²) in [5, 5.41) is 0. The van der Waals surface area contributed by atoms with Crippen LogP contribution in [0.2, 0.25) is 0 Å². The average Bonchev–Trinajstić information content (AvgIpc) is 2.47. The average molecular weight is 275 g/mol. The van der Waals surface area contributed by atoms with Crippen LogP contribution >= 0.6 is 0 Å². The number of rotatable bonds is 3. The molecule has 2 rings (SSSR count). The fourth-order valence-electron chi connectivity index (χ4n) is 2.81. The topological polar surface area (TPSA) is 69.4 Å². The van der Waals surface area contributed by atoms with Crippen molar-refractivity contribution in [1.29, 1.82) is 0 Å². The van der Waals surface area contributed by atoms with Crippen molar-refractivity contribution in [2.24, 2.45) is 11.7 Å². The van der Waals surface area contributed by atoms with Crippen LogP contribution in [0.5, 0.6) is 0 Å². The van der Waals surface area contributed by atoms with Gasteiger partial charge in [0.25, 0.3) is 0 Å². The molecule has 0 heterocycles. The third kappa shape index (κ3) is 3.67. The van der Waals surface area contributed by atoms with Crippen LogP contribution < -0.4 is 5.73 Å². The van der Waals surface area contributed by atoms with Gasteiger partial charge in [-0.1, -0.05) is 24.3 Å². The molecule has 0 saturated heterocycles. The highest BCUT2D eigenvalue weighted by molar-refractivity contribution is 5.85. The summed E-state index contributed by atoms with van der Waals surface area (Å²) < 4.78 is 4.67. The van der Waals surface area contributed by atoms with E-state index in [-0.39, 0.29) is 11.9 Å². The molecule has 1 aromatic rings. The highest BCUT2D eigenvalue weighted by Crippen LogP contribution is 2.36. The highest BCUT2D eigenvalue weighted by atomic mass is 16.6. The molecule has 1 saturated carbocycles. The van der Waals surface area contributed by atoms with Crippen LogP contribution in [0.1, 0.15) is 49.7 Å². The molecule has 0 bridgehead atoms. The zero-order valence-electron chi connectivity index (χ0n) is 11.8. The predicted molar refractivity (Wildman–Crippen MR) is 75.8 cm³/mol. The van der Waals surface area contributed by atoms with Crippen molar-refractivity contribution in [2.45, 2.75) is 45.1 Å². The number of carbonyl (C=O) groups is 2. The molecule has 0 atom stereocenters. The van der Waals surface area contributed by atoms with Crippen molar-refractivity contribution < 1.29 is 14.3 Å². The second-order valence-corrected chi connectivity index (χ2v) is 5.41. The minimum Gasteiger partial charge on any atom is -0.393 e. The molecule has 0 unspecified atom stereocenters. The van der Waals surface area contributed by atoms with Gasteiger partial charge in [0.1, 0.15) is 0 Å². The van der Waals surface area contributed by atoms with Crippen LogP contribution in [-0.4, -0.2) is 11.9 Å². The van der Waals surface area contributed by atoms with Gasteiger partial charge in [-0.25, -0.2) is 0 Å². The first-order valence-electron chi connectivity index (χ1n) is 7.11. The Labute approximate surface area is 119 Å². The summed E-state index contributed by atoms with van der Waals surface area (Å²) in [5.41, 5.74) is 8.03. The summed E-state index contributed by atoms with van der Waals surface area (Å²) in [5.74, 6) is -0.523. The number of carbonyl (C=O) groups excluding carboxylic acids is 2. The fraction of sp³-hybridized carbons (Fsp3) is 0.500. The monoisotopic (exact) mass is 275 g/mol. The quantitative estimate of drug-likeness (QED) is 0.679. The van der Waals surface area contributed by atoms with Crippen molar-refractivity contribution in [3.8, 4) is 0 Å². The molecule has 4 nitrogen and oxygen atoms in total. The molecule has 0 amide bonds. The molecule has 0 spiro atoms. The van der Waals surface area contributed by atoms with Crippen molar-refractivity contribution in [3.63, 3.8) is 0 Å². The van der Waals surface area contributed by atoms with Crippen LogP contribution in [-0.2, 0) is 20.9 Å². The van der Waals surface area contributed by atoms with E-state index in [0.29, 0.717) is 12.5 Å². The summed E-state index contributed by atoms with van der Waals surface area (Å²) in [6.45, 7) is 1.83. The largest absolute Gasteiger partial charge is 0.393 e. The Morgan fingerprint density at radius 1 is 1.15 bits per heavy atom. The lowest BCUT2D eigenvalue weighted by molar-refractivity contribution is -0.161. The SMILES string of the molecule is CC(=O)OC(=O)C1CCC(c2ccc(CN)cc2)CC1. The standard InChI is InChI=1S/C16H21NO3/c1-11(18)20-16(19)15-8-6-14(7-9-15)13-4-2-12(10-17)3-5-13/h2-5,14-15H,6-10,17H2,1H3. The van der Waals surface area contributed by atoms with Crippen molar-refractivity contribution in [2.75, 3.05) is 0 Å². The minimum atomic E-state index is -0.519. The van der Waals surface area contributed by atoms with E-state index in [9.17, 15) is 9.59 Å². The van der Waals surface area contributed by atoms with E-state index in [0.717, 1.165) is 31.2 Å². The van der Waals surface area contributed by atoms with Crippen LogP contribution in [0.25, 0.3) is 0 Å². The summed E-state index contributed by atoms with van der Waals surface area (Å²) in [6.07, 6.45) is 3.49. The highest BCUT2D eigenvalue weighted by Gasteiger charge is 2.28.